The van der Waals surface area contributed by atoms with Crippen molar-refractivity contribution in [2.24, 2.45) is 5.90 Å². The second-order valence-electron chi connectivity index (χ2n) is 4.98. The van der Waals surface area contributed by atoms with E-state index in [0.717, 1.165) is 5.56 Å². The first-order chi connectivity index (χ1) is 9.10. The van der Waals surface area contributed by atoms with Crippen LogP contribution in [0.3, 0.4) is 0 Å². The SMILES string of the molecule is C1CC1.CC(C)c1cc(CCON)c(C#N)cc1F. The molecule has 2 rings (SSSR count). The van der Waals surface area contributed by atoms with Crippen molar-refractivity contribution in [3.8, 4) is 6.07 Å². The van der Waals surface area contributed by atoms with E-state index < -0.39 is 0 Å². The highest BCUT2D eigenvalue weighted by atomic mass is 19.1. The van der Waals surface area contributed by atoms with Crippen LogP contribution in [0.15, 0.2) is 12.1 Å². The largest absolute Gasteiger partial charge is 0.304 e. The average Bonchev–Trinajstić information content (AvgIpc) is 3.24. The number of hydrogen-bond acceptors (Lipinski definition) is 3. The summed E-state index contributed by atoms with van der Waals surface area (Å²) in [6.45, 7) is 4.14. The van der Waals surface area contributed by atoms with Crippen molar-refractivity contribution in [1.82, 2.24) is 0 Å². The zero-order chi connectivity index (χ0) is 14.3. The molecule has 1 aliphatic rings. The molecule has 1 aromatic rings. The second-order valence-corrected chi connectivity index (χ2v) is 4.98. The van der Waals surface area contributed by atoms with Gasteiger partial charge in [0, 0.05) is 0 Å². The van der Waals surface area contributed by atoms with Crippen LogP contribution in [0.4, 0.5) is 4.39 Å². The van der Waals surface area contributed by atoms with Gasteiger partial charge in [0.05, 0.1) is 18.2 Å². The number of nitrogens with zero attached hydrogens (tertiary/aromatic N) is 1. The van der Waals surface area contributed by atoms with Gasteiger partial charge >= 0.3 is 0 Å². The maximum atomic E-state index is 13.6. The van der Waals surface area contributed by atoms with Gasteiger partial charge in [-0.15, -0.1) is 0 Å². The van der Waals surface area contributed by atoms with Crippen molar-refractivity contribution in [3.63, 3.8) is 0 Å². The maximum absolute atomic E-state index is 13.6. The van der Waals surface area contributed by atoms with Gasteiger partial charge in [-0.3, -0.25) is 0 Å². The minimum Gasteiger partial charge on any atom is -0.304 e. The van der Waals surface area contributed by atoms with E-state index in [2.05, 4.69) is 4.84 Å². The molecular formula is C15H21FN2O. The summed E-state index contributed by atoms with van der Waals surface area (Å²) in [6.07, 6.45) is 5.01. The standard InChI is InChI=1S/C12H15FN2O.C3H6/c1-8(2)11-5-9(3-4-16-15)10(7-14)6-12(11)13;1-2-3-1/h5-6,8H,3-4,15H2,1-2H3;1-3H2. The molecule has 1 aromatic carbocycles. The monoisotopic (exact) mass is 264 g/mol. The van der Waals surface area contributed by atoms with Crippen LogP contribution in [-0.4, -0.2) is 6.61 Å². The maximum Gasteiger partial charge on any atom is 0.127 e. The van der Waals surface area contributed by atoms with Crippen LogP contribution in [0.2, 0.25) is 0 Å². The van der Waals surface area contributed by atoms with E-state index in [0.29, 0.717) is 24.2 Å². The number of nitrogens with two attached hydrogens (primary N) is 1. The Kier molecular flexibility index (Phi) is 6.48. The number of benzene rings is 1. The van der Waals surface area contributed by atoms with Crippen molar-refractivity contribution < 1.29 is 9.23 Å². The summed E-state index contributed by atoms with van der Waals surface area (Å²) in [5, 5.41) is 8.88. The Morgan fingerprint density at radius 1 is 1.37 bits per heavy atom. The number of halogens is 1. The van der Waals surface area contributed by atoms with Gasteiger partial charge in [-0.05, 0) is 29.5 Å². The van der Waals surface area contributed by atoms with Gasteiger partial charge in [-0.1, -0.05) is 39.2 Å². The average molecular weight is 264 g/mol. The number of hydrogen-bond donors (Lipinski definition) is 1. The third kappa shape index (κ3) is 5.37. The van der Waals surface area contributed by atoms with Gasteiger partial charge in [0.1, 0.15) is 5.82 Å². The van der Waals surface area contributed by atoms with Crippen LogP contribution in [-0.2, 0) is 11.3 Å². The van der Waals surface area contributed by atoms with Gasteiger partial charge < -0.3 is 4.84 Å². The molecule has 0 saturated heterocycles. The highest BCUT2D eigenvalue weighted by molar-refractivity contribution is 5.42. The van der Waals surface area contributed by atoms with Crippen LogP contribution >= 0.6 is 0 Å². The lowest BCUT2D eigenvalue weighted by atomic mass is 9.95. The Morgan fingerprint density at radius 2 is 2.00 bits per heavy atom. The summed E-state index contributed by atoms with van der Waals surface area (Å²) < 4.78 is 13.6. The Hall–Kier alpha value is -1.44. The van der Waals surface area contributed by atoms with Crippen molar-refractivity contribution in [3.05, 3.63) is 34.6 Å². The first-order valence-corrected chi connectivity index (χ1v) is 6.64. The molecule has 0 aliphatic heterocycles. The summed E-state index contributed by atoms with van der Waals surface area (Å²) in [5.74, 6) is 4.70. The van der Waals surface area contributed by atoms with Crippen LogP contribution in [0.25, 0.3) is 0 Å². The van der Waals surface area contributed by atoms with E-state index in [1.54, 1.807) is 6.07 Å². The Bertz CT molecular complexity index is 447. The van der Waals surface area contributed by atoms with E-state index >= 15 is 0 Å². The first-order valence-electron chi connectivity index (χ1n) is 6.64. The lowest BCUT2D eigenvalue weighted by Crippen LogP contribution is -2.06. The van der Waals surface area contributed by atoms with E-state index in [9.17, 15) is 4.39 Å². The molecule has 0 atom stereocenters. The summed E-state index contributed by atoms with van der Waals surface area (Å²) in [7, 11) is 0. The number of nitriles is 1. The van der Waals surface area contributed by atoms with Crippen LogP contribution in [0, 0.1) is 17.1 Å². The lowest BCUT2D eigenvalue weighted by molar-refractivity contribution is 0.141. The molecule has 1 aliphatic carbocycles. The van der Waals surface area contributed by atoms with E-state index in [1.165, 1.54) is 25.3 Å². The van der Waals surface area contributed by atoms with Crippen molar-refractivity contribution >= 4 is 0 Å². The lowest BCUT2D eigenvalue weighted by Gasteiger charge is -2.11. The molecule has 3 nitrogen and oxygen atoms in total. The molecule has 1 fully saturated rings. The molecule has 0 amide bonds. The minimum atomic E-state index is -0.330. The molecule has 19 heavy (non-hydrogen) atoms. The third-order valence-corrected chi connectivity index (χ3v) is 2.81. The summed E-state index contributed by atoms with van der Waals surface area (Å²) in [6, 6.07) is 4.97. The Balaban J connectivity index is 0.000000524. The Labute approximate surface area is 114 Å². The van der Waals surface area contributed by atoms with E-state index in [1.807, 2.05) is 19.9 Å². The molecule has 4 heteroatoms. The Morgan fingerprint density at radius 3 is 2.42 bits per heavy atom. The summed E-state index contributed by atoms with van der Waals surface area (Å²) >= 11 is 0. The van der Waals surface area contributed by atoms with Crippen molar-refractivity contribution in [2.45, 2.75) is 45.4 Å². The minimum absolute atomic E-state index is 0.0882. The molecule has 0 bridgehead atoms. The van der Waals surface area contributed by atoms with Gasteiger partial charge in [-0.25, -0.2) is 10.3 Å². The molecule has 1 saturated carbocycles. The second kappa shape index (κ2) is 7.88. The zero-order valence-corrected chi connectivity index (χ0v) is 11.6. The first kappa shape index (κ1) is 15.6. The molecule has 0 heterocycles. The van der Waals surface area contributed by atoms with E-state index in [4.69, 9.17) is 11.2 Å². The molecule has 0 aromatic heterocycles. The van der Waals surface area contributed by atoms with Crippen LogP contribution in [0.1, 0.15) is 55.7 Å². The molecular weight excluding hydrogens is 243 g/mol. The van der Waals surface area contributed by atoms with Crippen molar-refractivity contribution in [1.29, 1.82) is 5.26 Å². The molecule has 104 valence electrons. The van der Waals surface area contributed by atoms with E-state index in [-0.39, 0.29) is 11.7 Å². The van der Waals surface area contributed by atoms with Crippen LogP contribution in [0.5, 0.6) is 0 Å². The topological polar surface area (TPSA) is 59.0 Å². The van der Waals surface area contributed by atoms with Crippen LogP contribution < -0.4 is 5.90 Å². The summed E-state index contributed by atoms with van der Waals surface area (Å²) in [4.78, 5) is 4.47. The van der Waals surface area contributed by atoms with Crippen molar-refractivity contribution in [2.75, 3.05) is 6.61 Å². The smallest absolute Gasteiger partial charge is 0.127 e. The van der Waals surface area contributed by atoms with Gasteiger partial charge in [0.25, 0.3) is 0 Å². The molecule has 2 N–H and O–H groups in total. The highest BCUT2D eigenvalue weighted by Crippen LogP contribution is 2.22. The fraction of sp³-hybridized carbons (Fsp3) is 0.533. The van der Waals surface area contributed by atoms with Gasteiger partial charge in [0.2, 0.25) is 0 Å². The molecule has 0 unspecified atom stereocenters. The summed E-state index contributed by atoms with van der Waals surface area (Å²) in [5.41, 5.74) is 1.74. The highest BCUT2D eigenvalue weighted by Gasteiger charge is 2.12. The molecule has 0 spiro atoms. The predicted molar refractivity (Wildman–Crippen MR) is 72.9 cm³/mol. The third-order valence-electron chi connectivity index (χ3n) is 2.81. The fourth-order valence-electron chi connectivity index (χ4n) is 1.56. The zero-order valence-electron chi connectivity index (χ0n) is 11.6. The fourth-order valence-corrected chi connectivity index (χ4v) is 1.56. The normalized spacial score (nSPS) is 12.6. The molecule has 0 radical (unpaired) electrons. The predicted octanol–water partition coefficient (Wildman–Crippen LogP) is 3.42. The van der Waals surface area contributed by atoms with Gasteiger partial charge in [-0.2, -0.15) is 5.26 Å². The number of rotatable bonds is 4. The van der Waals surface area contributed by atoms with Gasteiger partial charge in [0.15, 0.2) is 0 Å². The quantitative estimate of drug-likeness (QED) is 0.848.